The van der Waals surface area contributed by atoms with E-state index in [0.29, 0.717) is 152 Å². The molecule has 1 N–H and O–H groups in total. The predicted molar refractivity (Wildman–Crippen MR) is 167 cm³/mol. The van der Waals surface area contributed by atoms with Crippen LogP contribution in [0.25, 0.3) is 0 Å². The van der Waals surface area contributed by atoms with Gasteiger partial charge in [0.2, 0.25) is 0 Å². The molecule has 0 atom stereocenters. The first-order chi connectivity index (χ1) is 22.4. The summed E-state index contributed by atoms with van der Waals surface area (Å²) in [4.78, 5) is 0. The zero-order chi connectivity index (χ0) is 32.1. The van der Waals surface area contributed by atoms with Crippen molar-refractivity contribution in [2.45, 2.75) is 13.3 Å². The van der Waals surface area contributed by atoms with Crippen LogP contribution in [0, 0.1) is 0 Å². The third-order valence-corrected chi connectivity index (χ3v) is 5.79. The monoisotopic (exact) mass is 650 g/mol. The van der Waals surface area contributed by atoms with E-state index in [1.165, 1.54) is 5.56 Å². The van der Waals surface area contributed by atoms with Crippen molar-refractivity contribution in [3.63, 3.8) is 0 Å². The molecule has 0 aliphatic rings. The number of hydrogen-bond donors (Lipinski definition) is 1. The molecule has 1 aromatic carbocycles. The second-order valence-corrected chi connectivity index (χ2v) is 9.27. The lowest BCUT2D eigenvalue weighted by molar-refractivity contribution is -0.0280. The number of para-hydroxylation sites is 1. The molecule has 1 aromatic rings. The minimum Gasteiger partial charge on any atom is -0.491 e. The lowest BCUT2D eigenvalue weighted by atomic mass is 10.1. The summed E-state index contributed by atoms with van der Waals surface area (Å²) in [6.07, 6.45) is 0.948. The topological polar surface area (TPSA) is 131 Å². The summed E-state index contributed by atoms with van der Waals surface area (Å²) >= 11 is 0. The van der Waals surface area contributed by atoms with Crippen molar-refractivity contribution in [3.05, 3.63) is 29.8 Å². The summed E-state index contributed by atoms with van der Waals surface area (Å²) in [5, 5.41) is 8.58. The number of aliphatic hydroxyl groups excluding tert-OH is 1. The molecule has 0 unspecified atom stereocenters. The van der Waals surface area contributed by atoms with Gasteiger partial charge < -0.3 is 61.9 Å². The Morgan fingerprint density at radius 1 is 0.378 bits per heavy atom. The molecule has 0 radical (unpaired) electrons. The second-order valence-electron chi connectivity index (χ2n) is 9.27. The fourth-order valence-corrected chi connectivity index (χ4v) is 3.51. The van der Waals surface area contributed by atoms with E-state index in [4.69, 9.17) is 61.9 Å². The Hall–Kier alpha value is -1.46. The quantitative estimate of drug-likeness (QED) is 0.105. The highest BCUT2D eigenvalue weighted by Gasteiger charge is 2.00. The van der Waals surface area contributed by atoms with Crippen molar-refractivity contribution < 1.29 is 61.9 Å². The summed E-state index contributed by atoms with van der Waals surface area (Å²) in [7, 11) is 0. The van der Waals surface area contributed by atoms with E-state index in [9.17, 15) is 0 Å². The van der Waals surface area contributed by atoms with Crippen LogP contribution < -0.4 is 4.74 Å². The van der Waals surface area contributed by atoms with Gasteiger partial charge in [-0.05, 0) is 18.1 Å². The molecule has 45 heavy (non-hydrogen) atoms. The Labute approximate surface area is 269 Å². The van der Waals surface area contributed by atoms with Gasteiger partial charge >= 0.3 is 0 Å². The Kier molecular flexibility index (Phi) is 32.7. The fourth-order valence-electron chi connectivity index (χ4n) is 3.51. The van der Waals surface area contributed by atoms with Gasteiger partial charge in [0.15, 0.2) is 0 Å². The summed E-state index contributed by atoms with van der Waals surface area (Å²) in [6, 6.07) is 8.06. The minimum atomic E-state index is 0.0254. The van der Waals surface area contributed by atoms with Gasteiger partial charge in [-0.2, -0.15) is 0 Å². The maximum absolute atomic E-state index is 8.58. The van der Waals surface area contributed by atoms with Crippen molar-refractivity contribution >= 4 is 0 Å². The maximum atomic E-state index is 8.58. The highest BCUT2D eigenvalue weighted by Crippen LogP contribution is 2.17. The number of aryl methyl sites for hydroxylation is 1. The summed E-state index contributed by atoms with van der Waals surface area (Å²) < 4.78 is 65.5. The Balaban J connectivity index is 1.64. The smallest absolute Gasteiger partial charge is 0.122 e. The van der Waals surface area contributed by atoms with Crippen LogP contribution in [0.5, 0.6) is 5.75 Å². The third-order valence-electron chi connectivity index (χ3n) is 5.79. The molecule has 264 valence electrons. The molecular formula is C32H58O13. The van der Waals surface area contributed by atoms with Crippen LogP contribution >= 0.6 is 0 Å². The SMILES string of the molecule is CCc1ccccc1OCCOCCOCCOCCOCCOCCOCCOCCOCCOCCOCCOCCO. The molecule has 0 saturated heterocycles. The normalized spacial score (nSPS) is 11.4. The molecule has 13 nitrogen and oxygen atoms in total. The van der Waals surface area contributed by atoms with Gasteiger partial charge in [0.05, 0.1) is 152 Å². The molecular weight excluding hydrogens is 592 g/mol. The van der Waals surface area contributed by atoms with E-state index in [-0.39, 0.29) is 6.61 Å². The van der Waals surface area contributed by atoms with E-state index < -0.39 is 0 Å². The standard InChI is InChI=1S/C32H58O13/c1-2-31-5-3-4-6-32(31)45-30-29-44-28-27-43-26-25-42-24-23-41-22-21-40-20-19-39-18-17-38-16-15-37-14-13-36-12-11-35-10-9-34-8-7-33/h3-6,33H,2,7-30H2,1H3. The number of hydrogen-bond acceptors (Lipinski definition) is 13. The van der Waals surface area contributed by atoms with Gasteiger partial charge in [-0.15, -0.1) is 0 Å². The lowest BCUT2D eigenvalue weighted by Crippen LogP contribution is -2.15. The van der Waals surface area contributed by atoms with Crippen LogP contribution in [0.1, 0.15) is 12.5 Å². The van der Waals surface area contributed by atoms with Gasteiger partial charge in [-0.25, -0.2) is 0 Å². The molecule has 0 aliphatic heterocycles. The Morgan fingerprint density at radius 3 is 0.933 bits per heavy atom. The summed E-state index contributed by atoms with van der Waals surface area (Å²) in [6.45, 7) is 13.7. The molecule has 0 heterocycles. The minimum absolute atomic E-state index is 0.0254. The first kappa shape index (κ1) is 41.6. The number of rotatable bonds is 37. The van der Waals surface area contributed by atoms with Gasteiger partial charge in [-0.1, -0.05) is 25.1 Å². The molecule has 0 bridgehead atoms. The highest BCUT2D eigenvalue weighted by molar-refractivity contribution is 5.33. The number of benzene rings is 1. The van der Waals surface area contributed by atoms with Crippen molar-refractivity contribution in [3.8, 4) is 5.75 Å². The Morgan fingerprint density at radius 2 is 0.644 bits per heavy atom. The van der Waals surface area contributed by atoms with Crippen LogP contribution in [-0.2, 0) is 58.5 Å². The zero-order valence-corrected chi connectivity index (χ0v) is 27.3. The van der Waals surface area contributed by atoms with Crippen LogP contribution in [0.4, 0.5) is 0 Å². The molecule has 0 spiro atoms. The third kappa shape index (κ3) is 29.7. The zero-order valence-electron chi connectivity index (χ0n) is 27.3. The molecule has 0 fully saturated rings. The van der Waals surface area contributed by atoms with Crippen LogP contribution in [-0.4, -0.2) is 164 Å². The summed E-state index contributed by atoms with van der Waals surface area (Å²) in [5.41, 5.74) is 1.20. The average molecular weight is 651 g/mol. The van der Waals surface area contributed by atoms with E-state index in [1.54, 1.807) is 0 Å². The number of ether oxygens (including phenoxy) is 12. The highest BCUT2D eigenvalue weighted by atomic mass is 16.6. The first-order valence-electron chi connectivity index (χ1n) is 16.0. The lowest BCUT2D eigenvalue weighted by Gasteiger charge is -2.11. The van der Waals surface area contributed by atoms with Gasteiger partial charge in [-0.3, -0.25) is 0 Å². The largest absolute Gasteiger partial charge is 0.491 e. The predicted octanol–water partition coefficient (Wildman–Crippen LogP) is 1.80. The fraction of sp³-hybridized carbons (Fsp3) is 0.812. The van der Waals surface area contributed by atoms with Crippen molar-refractivity contribution in [2.75, 3.05) is 159 Å². The molecule has 0 amide bonds. The van der Waals surface area contributed by atoms with Crippen molar-refractivity contribution in [2.24, 2.45) is 0 Å². The first-order valence-corrected chi connectivity index (χ1v) is 16.0. The van der Waals surface area contributed by atoms with Gasteiger partial charge in [0, 0.05) is 0 Å². The molecule has 13 heteroatoms. The molecule has 0 saturated carbocycles. The van der Waals surface area contributed by atoms with E-state index >= 15 is 0 Å². The average Bonchev–Trinajstić information content (AvgIpc) is 3.06. The van der Waals surface area contributed by atoms with Crippen LogP contribution in [0.2, 0.25) is 0 Å². The van der Waals surface area contributed by atoms with Crippen molar-refractivity contribution in [1.82, 2.24) is 0 Å². The van der Waals surface area contributed by atoms with Crippen molar-refractivity contribution in [1.29, 1.82) is 0 Å². The van der Waals surface area contributed by atoms with Crippen LogP contribution in [0.3, 0.4) is 0 Å². The van der Waals surface area contributed by atoms with E-state index in [1.807, 2.05) is 18.2 Å². The molecule has 0 aliphatic carbocycles. The van der Waals surface area contributed by atoms with Gasteiger partial charge in [0.1, 0.15) is 12.4 Å². The maximum Gasteiger partial charge on any atom is 0.122 e. The van der Waals surface area contributed by atoms with Crippen LogP contribution in [0.15, 0.2) is 24.3 Å². The summed E-state index contributed by atoms with van der Waals surface area (Å²) in [5.74, 6) is 0.924. The Bertz CT molecular complexity index is 713. The van der Waals surface area contributed by atoms with E-state index in [2.05, 4.69) is 13.0 Å². The van der Waals surface area contributed by atoms with Gasteiger partial charge in [0.25, 0.3) is 0 Å². The number of aliphatic hydroxyl groups is 1. The second kappa shape index (κ2) is 35.4. The molecule has 1 rings (SSSR count). The van der Waals surface area contributed by atoms with E-state index in [0.717, 1.165) is 12.2 Å². The molecule has 0 aromatic heterocycles.